The highest BCUT2D eigenvalue weighted by Gasteiger charge is 2.25. The number of benzene rings is 2. The first-order valence-corrected chi connectivity index (χ1v) is 12.6. The van der Waals surface area contributed by atoms with Crippen molar-refractivity contribution < 1.29 is 0 Å². The third-order valence-electron chi connectivity index (χ3n) is 6.12. The first-order valence-electron chi connectivity index (χ1n) is 10.1. The summed E-state index contributed by atoms with van der Waals surface area (Å²) in [6.45, 7) is 0. The second-order valence-electron chi connectivity index (χ2n) is 7.79. The van der Waals surface area contributed by atoms with Gasteiger partial charge in [0.05, 0.1) is 0 Å². The molecule has 2 aliphatic carbocycles. The molecule has 2 aromatic carbocycles. The van der Waals surface area contributed by atoms with E-state index in [1.807, 2.05) is 0 Å². The zero-order valence-electron chi connectivity index (χ0n) is 15.4. The first kappa shape index (κ1) is 17.0. The van der Waals surface area contributed by atoms with Crippen LogP contribution in [0, 0.1) is 0 Å². The van der Waals surface area contributed by atoms with Crippen molar-refractivity contribution in [3.05, 3.63) is 69.8 Å². The van der Waals surface area contributed by atoms with Crippen LogP contribution in [0.2, 0.25) is 0 Å². The van der Waals surface area contributed by atoms with Crippen molar-refractivity contribution in [3.8, 4) is 0 Å². The summed E-state index contributed by atoms with van der Waals surface area (Å²) < 4.78 is 0. The van der Waals surface area contributed by atoms with Crippen LogP contribution >= 0.6 is 21.6 Å². The first-order chi connectivity index (χ1) is 12.9. The van der Waals surface area contributed by atoms with E-state index < -0.39 is 0 Å². The van der Waals surface area contributed by atoms with Gasteiger partial charge in [0.2, 0.25) is 0 Å². The molecule has 0 unspecified atom stereocenters. The van der Waals surface area contributed by atoms with Crippen molar-refractivity contribution in [2.24, 2.45) is 0 Å². The van der Waals surface area contributed by atoms with Gasteiger partial charge in [-0.3, -0.25) is 0 Å². The van der Waals surface area contributed by atoms with E-state index in [4.69, 9.17) is 0 Å². The highest BCUT2D eigenvalue weighted by Crippen LogP contribution is 2.44. The molecule has 134 valence electrons. The summed E-state index contributed by atoms with van der Waals surface area (Å²) in [5.74, 6) is 2.54. The monoisotopic (exact) mass is 378 g/mol. The maximum atomic E-state index is 2.52. The fraction of sp³-hybridized carbons (Fsp3) is 0.417. The van der Waals surface area contributed by atoms with Crippen LogP contribution in [0.25, 0.3) is 11.1 Å². The van der Waals surface area contributed by atoms with Crippen molar-refractivity contribution in [2.75, 3.05) is 11.5 Å². The van der Waals surface area contributed by atoms with Crippen molar-refractivity contribution in [1.29, 1.82) is 0 Å². The standard InChI is InChI=1S/C24H26S2/c1-3-17-5-7-19-9-11-21(23(19)15-17)22-12-10-20-8-6-18(16-24(20)22)4-2-14-26-25-13-1/h5-8,15-16H,1-4,9-14H2/b22-21-. The molecule has 3 aliphatic rings. The molecule has 0 spiro atoms. The number of hydrogen-bond donors (Lipinski definition) is 0. The Balaban J connectivity index is 1.60. The molecule has 0 atom stereocenters. The normalized spacial score (nSPS) is 22.6. The van der Waals surface area contributed by atoms with Gasteiger partial charge in [-0.05, 0) is 95.9 Å². The minimum absolute atomic E-state index is 1.23. The largest absolute Gasteiger partial charge is 0.0941 e. The number of fused-ring (bicyclic) bond motifs is 2. The average Bonchev–Trinajstić information content (AvgIpc) is 3.26. The van der Waals surface area contributed by atoms with E-state index in [1.165, 1.54) is 74.0 Å². The van der Waals surface area contributed by atoms with E-state index in [2.05, 4.69) is 58.0 Å². The molecule has 0 amide bonds. The summed E-state index contributed by atoms with van der Waals surface area (Å²) in [6.07, 6.45) is 9.99. The van der Waals surface area contributed by atoms with Crippen molar-refractivity contribution >= 4 is 32.7 Å². The third-order valence-corrected chi connectivity index (χ3v) is 8.70. The van der Waals surface area contributed by atoms with E-state index in [0.717, 1.165) is 0 Å². The van der Waals surface area contributed by atoms with Gasteiger partial charge in [0.25, 0.3) is 0 Å². The Morgan fingerprint density at radius 2 is 1.04 bits per heavy atom. The third kappa shape index (κ3) is 3.27. The zero-order chi connectivity index (χ0) is 17.3. The summed E-state index contributed by atoms with van der Waals surface area (Å²) in [4.78, 5) is 0. The second-order valence-corrected chi connectivity index (χ2v) is 10.5. The van der Waals surface area contributed by atoms with Crippen LogP contribution in [-0.2, 0) is 25.7 Å². The molecule has 1 heterocycles. The van der Waals surface area contributed by atoms with Gasteiger partial charge in [-0.1, -0.05) is 58.0 Å². The Kier molecular flexibility index (Phi) is 4.89. The van der Waals surface area contributed by atoms with Gasteiger partial charge in [0.15, 0.2) is 0 Å². The van der Waals surface area contributed by atoms with Gasteiger partial charge in [-0.25, -0.2) is 0 Å². The summed E-state index contributed by atoms with van der Waals surface area (Å²) in [7, 11) is 4.13. The van der Waals surface area contributed by atoms with Crippen LogP contribution in [0.5, 0.6) is 0 Å². The topological polar surface area (TPSA) is 0 Å². The second kappa shape index (κ2) is 7.48. The SMILES string of the molecule is c1cc2c3cc1CCCSSCCCc1ccc4c(c1)/C(=C\3CC2)CC4. The van der Waals surface area contributed by atoms with Crippen molar-refractivity contribution in [1.82, 2.24) is 0 Å². The van der Waals surface area contributed by atoms with Crippen LogP contribution < -0.4 is 0 Å². The lowest BCUT2D eigenvalue weighted by Crippen LogP contribution is -1.94. The molecule has 0 saturated carbocycles. The Labute approximate surface area is 165 Å². The van der Waals surface area contributed by atoms with Gasteiger partial charge in [-0.2, -0.15) is 0 Å². The molecular weight excluding hydrogens is 352 g/mol. The molecule has 1 aliphatic heterocycles. The quantitative estimate of drug-likeness (QED) is 0.465. The molecule has 0 nitrogen and oxygen atoms in total. The Hall–Kier alpha value is -1.12. The minimum Gasteiger partial charge on any atom is -0.0941 e. The van der Waals surface area contributed by atoms with E-state index in [0.29, 0.717) is 0 Å². The van der Waals surface area contributed by atoms with Crippen LogP contribution in [0.3, 0.4) is 0 Å². The van der Waals surface area contributed by atoms with E-state index in [-0.39, 0.29) is 0 Å². The number of hydrogen-bond acceptors (Lipinski definition) is 2. The van der Waals surface area contributed by atoms with Gasteiger partial charge < -0.3 is 0 Å². The van der Waals surface area contributed by atoms with Gasteiger partial charge >= 0.3 is 0 Å². The highest BCUT2D eigenvalue weighted by molar-refractivity contribution is 8.76. The summed E-state index contributed by atoms with van der Waals surface area (Å²) in [5.41, 5.74) is 12.7. The zero-order valence-corrected chi connectivity index (χ0v) is 17.0. The Bertz CT molecular complexity index is 791. The van der Waals surface area contributed by atoms with Gasteiger partial charge in [0.1, 0.15) is 0 Å². The predicted molar refractivity (Wildman–Crippen MR) is 118 cm³/mol. The molecule has 0 radical (unpaired) electrons. The molecule has 2 heteroatoms. The van der Waals surface area contributed by atoms with Crippen LogP contribution in [0.1, 0.15) is 59.1 Å². The van der Waals surface area contributed by atoms with Gasteiger partial charge in [-0.15, -0.1) is 0 Å². The molecule has 0 saturated heterocycles. The molecule has 0 aromatic heterocycles. The van der Waals surface area contributed by atoms with Crippen LogP contribution in [0.4, 0.5) is 0 Å². The molecule has 5 rings (SSSR count). The summed E-state index contributed by atoms with van der Waals surface area (Å²) in [6, 6.07) is 14.6. The minimum atomic E-state index is 1.23. The average molecular weight is 379 g/mol. The van der Waals surface area contributed by atoms with Crippen molar-refractivity contribution in [2.45, 2.75) is 51.4 Å². The van der Waals surface area contributed by atoms with Crippen LogP contribution in [-0.4, -0.2) is 11.5 Å². The van der Waals surface area contributed by atoms with Crippen LogP contribution in [0.15, 0.2) is 36.4 Å². The predicted octanol–water partition coefficient (Wildman–Crippen LogP) is 6.75. The number of allylic oxidation sites excluding steroid dienone is 2. The lowest BCUT2D eigenvalue weighted by Gasteiger charge is -2.12. The molecule has 0 N–H and O–H groups in total. The lowest BCUT2D eigenvalue weighted by molar-refractivity contribution is 0.931. The van der Waals surface area contributed by atoms with E-state index in [9.17, 15) is 0 Å². The molecule has 0 fully saturated rings. The molecule has 2 aromatic rings. The Morgan fingerprint density at radius 1 is 0.538 bits per heavy atom. The maximum Gasteiger partial charge on any atom is 0.00401 e. The molecule has 4 bridgehead atoms. The number of aryl methyl sites for hydroxylation is 4. The fourth-order valence-corrected chi connectivity index (χ4v) is 6.93. The van der Waals surface area contributed by atoms with Crippen molar-refractivity contribution in [3.63, 3.8) is 0 Å². The highest BCUT2D eigenvalue weighted by atomic mass is 33.1. The fourth-order valence-electron chi connectivity index (χ4n) is 4.76. The summed E-state index contributed by atoms with van der Waals surface area (Å²) in [5, 5.41) is 0. The lowest BCUT2D eigenvalue weighted by atomic mass is 9.94. The smallest absolute Gasteiger partial charge is 0.00401 e. The summed E-state index contributed by atoms with van der Waals surface area (Å²) >= 11 is 0. The van der Waals surface area contributed by atoms with E-state index in [1.54, 1.807) is 33.4 Å². The Morgan fingerprint density at radius 3 is 1.54 bits per heavy atom. The molecular formula is C24H26S2. The van der Waals surface area contributed by atoms with Gasteiger partial charge in [0, 0.05) is 11.5 Å². The van der Waals surface area contributed by atoms with E-state index >= 15 is 0 Å². The maximum absolute atomic E-state index is 2.52. The molecule has 26 heavy (non-hydrogen) atoms. The number of rotatable bonds is 0.